The molecule has 1 fully saturated rings. The number of hydrogen-bond donors (Lipinski definition) is 2. The number of rotatable bonds is 4. The van der Waals surface area contributed by atoms with Crippen molar-refractivity contribution in [3.05, 3.63) is 22.2 Å². The molecule has 0 bridgehead atoms. The Morgan fingerprint density at radius 2 is 2.19 bits per heavy atom. The van der Waals surface area contributed by atoms with E-state index in [9.17, 15) is 5.11 Å². The van der Waals surface area contributed by atoms with Gasteiger partial charge >= 0.3 is 0 Å². The first-order valence-electron chi connectivity index (χ1n) is 5.36. The molecule has 1 aliphatic carbocycles. The van der Waals surface area contributed by atoms with Gasteiger partial charge in [-0.2, -0.15) is 0 Å². The third-order valence-electron chi connectivity index (χ3n) is 3.29. The molecule has 0 spiro atoms. The predicted molar refractivity (Wildman–Crippen MR) is 66.8 cm³/mol. The van der Waals surface area contributed by atoms with Crippen LogP contribution in [0.2, 0.25) is 0 Å². The van der Waals surface area contributed by atoms with Gasteiger partial charge < -0.3 is 15.6 Å². The van der Waals surface area contributed by atoms with Crippen LogP contribution in [0.25, 0.3) is 0 Å². The predicted octanol–water partition coefficient (Wildman–Crippen LogP) is 2.44. The van der Waals surface area contributed by atoms with E-state index in [4.69, 9.17) is 10.5 Å². The maximum absolute atomic E-state index is 10.0. The van der Waals surface area contributed by atoms with Crippen LogP contribution in [-0.4, -0.2) is 18.8 Å². The number of phenolic OH excluding ortho intramolecular Hbond substituents is 1. The summed E-state index contributed by atoms with van der Waals surface area (Å²) in [6, 6.07) is 3.70. The Morgan fingerprint density at radius 3 is 2.69 bits per heavy atom. The zero-order chi connectivity index (χ0) is 11.8. The van der Waals surface area contributed by atoms with Crippen molar-refractivity contribution in [1.82, 2.24) is 0 Å². The number of ether oxygens (including phenoxy) is 1. The summed E-state index contributed by atoms with van der Waals surface area (Å²) in [5.74, 6) is 0.752. The van der Waals surface area contributed by atoms with Crippen molar-refractivity contribution in [2.45, 2.75) is 19.3 Å². The minimum Gasteiger partial charge on any atom is -0.504 e. The van der Waals surface area contributed by atoms with Crippen LogP contribution in [-0.2, 0) is 6.42 Å². The van der Waals surface area contributed by atoms with Gasteiger partial charge in [0, 0.05) is 4.47 Å². The summed E-state index contributed by atoms with van der Waals surface area (Å²) in [5.41, 5.74) is 6.87. The lowest BCUT2D eigenvalue weighted by molar-refractivity contribution is 0.367. The van der Waals surface area contributed by atoms with Crippen molar-refractivity contribution in [2.24, 2.45) is 11.1 Å². The van der Waals surface area contributed by atoms with Crippen LogP contribution in [0.15, 0.2) is 16.6 Å². The molecule has 0 radical (unpaired) electrons. The fourth-order valence-electron chi connectivity index (χ4n) is 1.95. The maximum Gasteiger partial charge on any atom is 0.161 e. The van der Waals surface area contributed by atoms with Crippen molar-refractivity contribution < 1.29 is 9.84 Å². The van der Waals surface area contributed by atoms with E-state index in [0.29, 0.717) is 12.3 Å². The summed E-state index contributed by atoms with van der Waals surface area (Å²) in [5, 5.41) is 10.0. The van der Waals surface area contributed by atoms with Gasteiger partial charge in [0.2, 0.25) is 0 Å². The monoisotopic (exact) mass is 285 g/mol. The molecule has 1 aliphatic rings. The topological polar surface area (TPSA) is 55.5 Å². The molecule has 0 saturated heterocycles. The molecule has 0 aromatic heterocycles. The number of methoxy groups -OCH3 is 1. The summed E-state index contributed by atoms with van der Waals surface area (Å²) in [7, 11) is 1.56. The van der Waals surface area contributed by atoms with E-state index in [1.165, 1.54) is 0 Å². The standard InChI is InChI=1S/C12H16BrNO2/c1-16-10-5-9(13)4-8(11(10)15)6-12(7-14)2-3-12/h4-5,15H,2-3,6-7,14H2,1H3. The zero-order valence-corrected chi connectivity index (χ0v) is 10.9. The summed E-state index contributed by atoms with van der Waals surface area (Å²) in [4.78, 5) is 0. The molecular formula is C12H16BrNO2. The number of aromatic hydroxyl groups is 1. The first-order chi connectivity index (χ1) is 7.60. The van der Waals surface area contributed by atoms with Crippen molar-refractivity contribution in [2.75, 3.05) is 13.7 Å². The number of benzene rings is 1. The van der Waals surface area contributed by atoms with Crippen LogP contribution in [0.3, 0.4) is 0 Å². The molecule has 3 nitrogen and oxygen atoms in total. The fourth-order valence-corrected chi connectivity index (χ4v) is 2.44. The maximum atomic E-state index is 10.0. The van der Waals surface area contributed by atoms with Crippen LogP contribution in [0.1, 0.15) is 18.4 Å². The van der Waals surface area contributed by atoms with Gasteiger partial charge in [0.1, 0.15) is 0 Å². The van der Waals surface area contributed by atoms with E-state index in [-0.39, 0.29) is 11.2 Å². The average Bonchev–Trinajstić information content (AvgIpc) is 3.03. The number of hydrogen-bond acceptors (Lipinski definition) is 3. The summed E-state index contributed by atoms with van der Waals surface area (Å²) >= 11 is 3.42. The second-order valence-corrected chi connectivity index (χ2v) is 5.41. The Morgan fingerprint density at radius 1 is 1.50 bits per heavy atom. The molecule has 1 saturated carbocycles. The quantitative estimate of drug-likeness (QED) is 0.894. The second kappa shape index (κ2) is 4.26. The molecule has 88 valence electrons. The third-order valence-corrected chi connectivity index (χ3v) is 3.75. The molecular weight excluding hydrogens is 270 g/mol. The number of halogens is 1. The molecule has 1 aromatic rings. The Bertz CT molecular complexity index is 402. The van der Waals surface area contributed by atoms with E-state index < -0.39 is 0 Å². The lowest BCUT2D eigenvalue weighted by Gasteiger charge is -2.15. The lowest BCUT2D eigenvalue weighted by atomic mass is 9.96. The van der Waals surface area contributed by atoms with Crippen LogP contribution >= 0.6 is 15.9 Å². The van der Waals surface area contributed by atoms with Gasteiger partial charge in [0.15, 0.2) is 11.5 Å². The average molecular weight is 286 g/mol. The van der Waals surface area contributed by atoms with Crippen molar-refractivity contribution in [3.63, 3.8) is 0 Å². The molecule has 0 aliphatic heterocycles. The van der Waals surface area contributed by atoms with Gasteiger partial charge in [-0.05, 0) is 48.9 Å². The van der Waals surface area contributed by atoms with Gasteiger partial charge in [0.25, 0.3) is 0 Å². The van der Waals surface area contributed by atoms with Crippen LogP contribution in [0, 0.1) is 5.41 Å². The van der Waals surface area contributed by atoms with Crippen molar-refractivity contribution >= 4 is 15.9 Å². The zero-order valence-electron chi connectivity index (χ0n) is 9.29. The van der Waals surface area contributed by atoms with E-state index in [0.717, 1.165) is 29.3 Å². The molecule has 3 N–H and O–H groups in total. The second-order valence-electron chi connectivity index (χ2n) is 4.50. The van der Waals surface area contributed by atoms with E-state index >= 15 is 0 Å². The smallest absolute Gasteiger partial charge is 0.161 e. The van der Waals surface area contributed by atoms with Gasteiger partial charge in [-0.25, -0.2) is 0 Å². The minimum atomic E-state index is 0.212. The first-order valence-corrected chi connectivity index (χ1v) is 6.15. The van der Waals surface area contributed by atoms with E-state index in [2.05, 4.69) is 15.9 Å². The summed E-state index contributed by atoms with van der Waals surface area (Å²) < 4.78 is 6.05. The van der Waals surface area contributed by atoms with E-state index in [1.807, 2.05) is 6.07 Å². The molecule has 4 heteroatoms. The third kappa shape index (κ3) is 2.18. The van der Waals surface area contributed by atoms with Gasteiger partial charge in [-0.1, -0.05) is 15.9 Å². The van der Waals surface area contributed by atoms with E-state index in [1.54, 1.807) is 13.2 Å². The summed E-state index contributed by atoms with van der Waals surface area (Å²) in [6.45, 7) is 0.682. The molecule has 1 aromatic carbocycles. The highest BCUT2D eigenvalue weighted by Gasteiger charge is 2.41. The Kier molecular flexibility index (Phi) is 3.13. The molecule has 0 atom stereocenters. The SMILES string of the molecule is COc1cc(Br)cc(CC2(CN)CC2)c1O. The van der Waals surface area contributed by atoms with Crippen LogP contribution in [0.5, 0.6) is 11.5 Å². The van der Waals surface area contributed by atoms with Gasteiger partial charge in [-0.3, -0.25) is 0 Å². The molecule has 0 unspecified atom stereocenters. The highest BCUT2D eigenvalue weighted by molar-refractivity contribution is 9.10. The molecule has 0 heterocycles. The largest absolute Gasteiger partial charge is 0.504 e. The normalized spacial score (nSPS) is 17.2. The van der Waals surface area contributed by atoms with Crippen LogP contribution < -0.4 is 10.5 Å². The Hall–Kier alpha value is -0.740. The molecule has 16 heavy (non-hydrogen) atoms. The van der Waals surface area contributed by atoms with Crippen LogP contribution in [0.4, 0.5) is 0 Å². The fraction of sp³-hybridized carbons (Fsp3) is 0.500. The van der Waals surface area contributed by atoms with Gasteiger partial charge in [-0.15, -0.1) is 0 Å². The Labute approximate surface area is 104 Å². The summed E-state index contributed by atoms with van der Waals surface area (Å²) in [6.07, 6.45) is 3.13. The number of phenols is 1. The lowest BCUT2D eigenvalue weighted by Crippen LogP contribution is -2.18. The number of nitrogens with two attached hydrogens (primary N) is 1. The minimum absolute atomic E-state index is 0.212. The Balaban J connectivity index is 2.29. The van der Waals surface area contributed by atoms with Gasteiger partial charge in [0.05, 0.1) is 7.11 Å². The molecule has 0 amide bonds. The highest BCUT2D eigenvalue weighted by atomic mass is 79.9. The van der Waals surface area contributed by atoms with Crippen molar-refractivity contribution in [1.29, 1.82) is 0 Å². The van der Waals surface area contributed by atoms with Crippen molar-refractivity contribution in [3.8, 4) is 11.5 Å². The first kappa shape index (κ1) is 11.7. The highest BCUT2D eigenvalue weighted by Crippen LogP contribution is 2.49. The molecule has 2 rings (SSSR count).